The number of rotatable bonds is 3. The van der Waals surface area contributed by atoms with Gasteiger partial charge in [-0.25, -0.2) is 4.98 Å². The highest BCUT2D eigenvalue weighted by Crippen LogP contribution is 2.44. The first kappa shape index (κ1) is 20.1. The van der Waals surface area contributed by atoms with Gasteiger partial charge in [0.15, 0.2) is 0 Å². The zero-order valence-corrected chi connectivity index (χ0v) is 19.8. The lowest BCUT2D eigenvalue weighted by Gasteiger charge is -2.18. The average Bonchev–Trinajstić information content (AvgIpc) is 3.37. The standard InChI is InChI=1S/C33H21NS/c1-2-10-22(11-3-1)31-27-14-6-4-12-25(27)26-13-5-7-15-28(26)32(31)23-18-20-24(21-19-23)33-34-29-16-8-9-17-30(29)35-33/h1-21H. The van der Waals surface area contributed by atoms with Crippen molar-refractivity contribution in [2.75, 3.05) is 0 Å². The lowest BCUT2D eigenvalue weighted by atomic mass is 9.85. The minimum Gasteiger partial charge on any atom is -0.236 e. The van der Waals surface area contributed by atoms with Crippen LogP contribution in [0.1, 0.15) is 0 Å². The fraction of sp³-hybridized carbons (Fsp3) is 0. The molecule has 0 saturated heterocycles. The Kier molecular flexibility index (Phi) is 4.71. The number of para-hydroxylation sites is 1. The van der Waals surface area contributed by atoms with Crippen LogP contribution in [-0.4, -0.2) is 4.98 Å². The van der Waals surface area contributed by atoms with Gasteiger partial charge in [-0.1, -0.05) is 115 Å². The first-order chi connectivity index (χ1) is 17.4. The van der Waals surface area contributed by atoms with Gasteiger partial charge >= 0.3 is 0 Å². The van der Waals surface area contributed by atoms with E-state index in [4.69, 9.17) is 4.98 Å². The van der Waals surface area contributed by atoms with Crippen molar-refractivity contribution >= 4 is 43.1 Å². The molecule has 1 nitrogen and oxygen atoms in total. The highest BCUT2D eigenvalue weighted by molar-refractivity contribution is 7.21. The molecule has 7 aromatic rings. The predicted octanol–water partition coefficient (Wildman–Crippen LogP) is 9.60. The molecule has 7 rings (SSSR count). The van der Waals surface area contributed by atoms with Crippen LogP contribution in [-0.2, 0) is 0 Å². The minimum atomic E-state index is 1.06. The molecule has 0 amide bonds. The van der Waals surface area contributed by atoms with Crippen LogP contribution < -0.4 is 0 Å². The molecule has 0 aliphatic carbocycles. The predicted molar refractivity (Wildman–Crippen MR) is 151 cm³/mol. The van der Waals surface area contributed by atoms with Crippen LogP contribution in [0.4, 0.5) is 0 Å². The van der Waals surface area contributed by atoms with Crippen LogP contribution in [0, 0.1) is 0 Å². The minimum absolute atomic E-state index is 1.06. The van der Waals surface area contributed by atoms with Crippen LogP contribution in [0.15, 0.2) is 127 Å². The number of aromatic nitrogens is 1. The molecule has 35 heavy (non-hydrogen) atoms. The number of nitrogens with zero attached hydrogens (tertiary/aromatic N) is 1. The van der Waals surface area contributed by atoms with Crippen LogP contribution in [0.3, 0.4) is 0 Å². The fourth-order valence-electron chi connectivity index (χ4n) is 5.12. The molecular weight excluding hydrogens is 442 g/mol. The van der Waals surface area contributed by atoms with Crippen molar-refractivity contribution < 1.29 is 0 Å². The molecular formula is C33H21NS. The van der Waals surface area contributed by atoms with Crippen molar-refractivity contribution in [3.05, 3.63) is 127 Å². The summed E-state index contributed by atoms with van der Waals surface area (Å²) in [6.07, 6.45) is 0. The molecule has 1 heterocycles. The summed E-state index contributed by atoms with van der Waals surface area (Å²) in [6.45, 7) is 0. The normalized spacial score (nSPS) is 11.4. The molecule has 6 aromatic carbocycles. The third kappa shape index (κ3) is 3.34. The van der Waals surface area contributed by atoms with Gasteiger partial charge in [0, 0.05) is 5.56 Å². The Hall–Kier alpha value is -4.27. The van der Waals surface area contributed by atoms with Gasteiger partial charge in [-0.2, -0.15) is 0 Å². The topological polar surface area (TPSA) is 12.9 Å². The van der Waals surface area contributed by atoms with Crippen molar-refractivity contribution in [3.8, 4) is 32.8 Å². The maximum absolute atomic E-state index is 4.86. The largest absolute Gasteiger partial charge is 0.236 e. The molecule has 0 radical (unpaired) electrons. The molecule has 164 valence electrons. The Morgan fingerprint density at radius 1 is 0.400 bits per heavy atom. The Balaban J connectivity index is 1.49. The zero-order chi connectivity index (χ0) is 23.2. The third-order valence-corrected chi connectivity index (χ3v) is 7.80. The van der Waals surface area contributed by atoms with E-state index in [0.29, 0.717) is 0 Å². The van der Waals surface area contributed by atoms with Gasteiger partial charge in [0.1, 0.15) is 5.01 Å². The van der Waals surface area contributed by atoms with Gasteiger partial charge in [-0.3, -0.25) is 0 Å². The van der Waals surface area contributed by atoms with E-state index >= 15 is 0 Å². The van der Waals surface area contributed by atoms with Gasteiger partial charge in [0.2, 0.25) is 0 Å². The summed E-state index contributed by atoms with van der Waals surface area (Å²) in [6, 6.07) is 45.6. The van der Waals surface area contributed by atoms with Crippen molar-refractivity contribution in [1.82, 2.24) is 4.98 Å². The van der Waals surface area contributed by atoms with Crippen molar-refractivity contribution in [2.45, 2.75) is 0 Å². The summed E-state index contributed by atoms with van der Waals surface area (Å²) in [5, 5.41) is 6.19. The van der Waals surface area contributed by atoms with E-state index in [1.54, 1.807) is 11.3 Å². The molecule has 0 aliphatic rings. The summed E-state index contributed by atoms with van der Waals surface area (Å²) >= 11 is 1.75. The smallest absolute Gasteiger partial charge is 0.124 e. The van der Waals surface area contributed by atoms with E-state index in [-0.39, 0.29) is 0 Å². The van der Waals surface area contributed by atoms with Crippen LogP contribution >= 0.6 is 11.3 Å². The second-order valence-electron chi connectivity index (χ2n) is 8.77. The molecule has 0 N–H and O–H groups in total. The maximum Gasteiger partial charge on any atom is 0.124 e. The van der Waals surface area contributed by atoms with Gasteiger partial charge in [0.25, 0.3) is 0 Å². The number of hydrogen-bond donors (Lipinski definition) is 0. The Bertz CT molecular complexity index is 1800. The number of hydrogen-bond acceptors (Lipinski definition) is 2. The molecule has 0 bridgehead atoms. The molecule has 1 aromatic heterocycles. The molecule has 2 heteroatoms. The van der Waals surface area contributed by atoms with Gasteiger partial charge in [-0.05, 0) is 55.9 Å². The van der Waals surface area contributed by atoms with E-state index < -0.39 is 0 Å². The summed E-state index contributed by atoms with van der Waals surface area (Å²) < 4.78 is 1.22. The SMILES string of the molecule is c1ccc(-c2c(-c3ccc(-c4nc5ccccc5s4)cc3)c3ccccc3c3ccccc23)cc1. The van der Waals surface area contributed by atoms with Gasteiger partial charge in [-0.15, -0.1) is 11.3 Å². The molecule has 0 atom stereocenters. The molecule has 0 spiro atoms. The van der Waals surface area contributed by atoms with Crippen molar-refractivity contribution in [2.24, 2.45) is 0 Å². The van der Waals surface area contributed by atoms with Crippen LogP contribution in [0.25, 0.3) is 64.6 Å². The Labute approximate surface area is 208 Å². The zero-order valence-electron chi connectivity index (χ0n) is 19.0. The van der Waals surface area contributed by atoms with E-state index in [1.165, 1.54) is 48.5 Å². The quantitative estimate of drug-likeness (QED) is 0.238. The molecule has 0 saturated carbocycles. The second-order valence-corrected chi connectivity index (χ2v) is 9.80. The second kappa shape index (κ2) is 8.19. The van der Waals surface area contributed by atoms with E-state index in [0.717, 1.165) is 16.1 Å². The van der Waals surface area contributed by atoms with Crippen LogP contribution in [0.5, 0.6) is 0 Å². The fourth-order valence-corrected chi connectivity index (χ4v) is 6.09. The maximum atomic E-state index is 4.86. The Morgan fingerprint density at radius 2 is 0.886 bits per heavy atom. The highest BCUT2D eigenvalue weighted by atomic mass is 32.1. The average molecular weight is 464 g/mol. The lowest BCUT2D eigenvalue weighted by Crippen LogP contribution is -1.91. The van der Waals surface area contributed by atoms with E-state index in [9.17, 15) is 0 Å². The lowest BCUT2D eigenvalue weighted by molar-refractivity contribution is 1.48. The van der Waals surface area contributed by atoms with Crippen molar-refractivity contribution in [3.63, 3.8) is 0 Å². The Morgan fingerprint density at radius 3 is 1.51 bits per heavy atom. The number of fused-ring (bicyclic) bond motifs is 4. The van der Waals surface area contributed by atoms with Crippen LogP contribution in [0.2, 0.25) is 0 Å². The number of thiazole rings is 1. The van der Waals surface area contributed by atoms with Gasteiger partial charge in [0.05, 0.1) is 10.2 Å². The molecule has 0 aliphatic heterocycles. The first-order valence-electron chi connectivity index (χ1n) is 11.8. The van der Waals surface area contributed by atoms with E-state index in [1.807, 2.05) is 6.07 Å². The monoisotopic (exact) mass is 463 g/mol. The van der Waals surface area contributed by atoms with Crippen molar-refractivity contribution in [1.29, 1.82) is 0 Å². The molecule has 0 fully saturated rings. The van der Waals surface area contributed by atoms with E-state index in [2.05, 4.69) is 121 Å². The highest BCUT2D eigenvalue weighted by Gasteiger charge is 2.17. The summed E-state index contributed by atoms with van der Waals surface area (Å²) in [7, 11) is 0. The first-order valence-corrected chi connectivity index (χ1v) is 12.6. The number of benzene rings is 6. The summed E-state index contributed by atoms with van der Waals surface area (Å²) in [5.74, 6) is 0. The van der Waals surface area contributed by atoms with Gasteiger partial charge < -0.3 is 0 Å². The molecule has 0 unspecified atom stereocenters. The third-order valence-electron chi connectivity index (χ3n) is 6.71. The summed E-state index contributed by atoms with van der Waals surface area (Å²) in [4.78, 5) is 4.86. The summed E-state index contributed by atoms with van der Waals surface area (Å²) in [5.41, 5.74) is 7.23.